The van der Waals surface area contributed by atoms with E-state index in [-0.39, 0.29) is 10.6 Å². The molecule has 1 aliphatic heterocycles. The molecule has 1 aromatic carbocycles. The number of aromatic nitrogens is 1. The van der Waals surface area contributed by atoms with Crippen molar-refractivity contribution in [2.75, 3.05) is 31.5 Å². The first-order chi connectivity index (χ1) is 16.2. The van der Waals surface area contributed by atoms with Gasteiger partial charge in [0.1, 0.15) is 17.2 Å². The van der Waals surface area contributed by atoms with Crippen LogP contribution in [0, 0.1) is 30.2 Å². The number of ether oxygens (including phenoxy) is 1. The molecule has 2 heterocycles. The molecule has 8 nitrogen and oxygen atoms in total. The van der Waals surface area contributed by atoms with Crippen molar-refractivity contribution in [3.63, 3.8) is 0 Å². The largest absolute Gasteiger partial charge is 0.471 e. The summed E-state index contributed by atoms with van der Waals surface area (Å²) in [5.41, 5.74) is 3.19. The summed E-state index contributed by atoms with van der Waals surface area (Å²) in [6, 6.07) is -0.598. The lowest BCUT2D eigenvalue weighted by Gasteiger charge is -2.14. The second-order valence-corrected chi connectivity index (χ2v) is 8.61. The van der Waals surface area contributed by atoms with Gasteiger partial charge in [-0.1, -0.05) is 0 Å². The fourth-order valence-electron chi connectivity index (χ4n) is 3.55. The number of hydrogen-bond acceptors (Lipinski definition) is 6. The second kappa shape index (κ2) is 11.5. The van der Waals surface area contributed by atoms with E-state index >= 15 is 0 Å². The van der Waals surface area contributed by atoms with Crippen LogP contribution in [0.3, 0.4) is 0 Å². The fraction of sp³-hybridized carbons (Fsp3) is 0.476. The number of benzene rings is 1. The van der Waals surface area contributed by atoms with Gasteiger partial charge >= 0.3 is 6.03 Å². The van der Waals surface area contributed by atoms with Crippen LogP contribution in [-0.2, 0) is 6.61 Å². The van der Waals surface area contributed by atoms with Gasteiger partial charge in [0, 0.05) is 12.1 Å². The van der Waals surface area contributed by atoms with Crippen LogP contribution in [0.1, 0.15) is 47.2 Å². The Morgan fingerprint density at radius 3 is 2.35 bits per heavy atom. The predicted molar refractivity (Wildman–Crippen MR) is 118 cm³/mol. The highest BCUT2D eigenvalue weighted by atomic mass is 32.1. The van der Waals surface area contributed by atoms with Crippen LogP contribution in [0.2, 0.25) is 0 Å². The molecule has 1 aliphatic rings. The highest BCUT2D eigenvalue weighted by Gasteiger charge is 2.26. The molecule has 0 aliphatic carbocycles. The zero-order chi connectivity index (χ0) is 24.8. The van der Waals surface area contributed by atoms with Gasteiger partial charge in [-0.25, -0.2) is 22.4 Å². The van der Waals surface area contributed by atoms with Crippen LogP contribution < -0.4 is 21.1 Å². The SMILES string of the molecule is Cc1c(F)c(F)c(COc2nsc(NC(=O)NCCCCN3CCCC3)c2C(N)=O)c(F)c1F. The monoisotopic (exact) mass is 503 g/mol. The van der Waals surface area contributed by atoms with Crippen molar-refractivity contribution in [3.05, 3.63) is 40.0 Å². The third-order valence-electron chi connectivity index (χ3n) is 5.45. The molecule has 186 valence electrons. The Morgan fingerprint density at radius 1 is 1.09 bits per heavy atom. The van der Waals surface area contributed by atoms with Crippen molar-refractivity contribution in [1.29, 1.82) is 0 Å². The van der Waals surface area contributed by atoms with E-state index in [1.165, 1.54) is 12.8 Å². The van der Waals surface area contributed by atoms with E-state index in [0.29, 0.717) is 18.1 Å². The lowest BCUT2D eigenvalue weighted by Crippen LogP contribution is -2.30. The normalized spacial score (nSPS) is 13.8. The number of rotatable bonds is 10. The Hall–Kier alpha value is -2.93. The number of carbonyl (C=O) groups is 2. The molecule has 13 heteroatoms. The van der Waals surface area contributed by atoms with Gasteiger partial charge in [-0.2, -0.15) is 4.37 Å². The molecule has 0 radical (unpaired) electrons. The zero-order valence-electron chi connectivity index (χ0n) is 18.5. The minimum Gasteiger partial charge on any atom is -0.471 e. The molecule has 1 aromatic heterocycles. The molecule has 0 bridgehead atoms. The summed E-state index contributed by atoms with van der Waals surface area (Å²) in [5, 5.41) is 5.05. The first kappa shape index (κ1) is 25.7. The molecule has 3 amide bonds. The van der Waals surface area contributed by atoms with E-state index in [1.807, 2.05) is 0 Å². The highest BCUT2D eigenvalue weighted by molar-refractivity contribution is 7.11. The average molecular weight is 504 g/mol. The minimum absolute atomic E-state index is 0.0423. The lowest BCUT2D eigenvalue weighted by atomic mass is 10.1. The van der Waals surface area contributed by atoms with Gasteiger partial charge in [-0.15, -0.1) is 0 Å². The van der Waals surface area contributed by atoms with Crippen LogP contribution in [0.5, 0.6) is 5.88 Å². The molecule has 0 atom stereocenters. The van der Waals surface area contributed by atoms with Crippen molar-refractivity contribution < 1.29 is 31.9 Å². The lowest BCUT2D eigenvalue weighted by molar-refractivity contribution is 0.0996. The van der Waals surface area contributed by atoms with Gasteiger partial charge in [0.05, 0.1) is 5.56 Å². The first-order valence-corrected chi connectivity index (χ1v) is 11.5. The van der Waals surface area contributed by atoms with E-state index < -0.39 is 58.8 Å². The number of halogens is 4. The number of nitrogens with zero attached hydrogens (tertiary/aromatic N) is 2. The summed E-state index contributed by atoms with van der Waals surface area (Å²) in [6.07, 6.45) is 4.13. The van der Waals surface area contributed by atoms with Crippen LogP contribution in [0.25, 0.3) is 0 Å². The highest BCUT2D eigenvalue weighted by Crippen LogP contribution is 2.32. The van der Waals surface area contributed by atoms with Crippen LogP contribution in [0.15, 0.2) is 0 Å². The molecule has 1 fully saturated rings. The number of unbranched alkanes of at least 4 members (excludes halogenated alkanes) is 1. The molecule has 3 rings (SSSR count). The summed E-state index contributed by atoms with van der Waals surface area (Å²) < 4.78 is 64.6. The van der Waals surface area contributed by atoms with Gasteiger partial charge in [0.15, 0.2) is 23.3 Å². The molecule has 2 aromatic rings. The number of urea groups is 1. The molecular formula is C21H25F4N5O3S. The summed E-state index contributed by atoms with van der Waals surface area (Å²) in [4.78, 5) is 26.4. The van der Waals surface area contributed by atoms with E-state index in [0.717, 1.165) is 39.4 Å². The minimum atomic E-state index is -1.62. The topological polar surface area (TPSA) is 110 Å². The Labute approximate surface area is 197 Å². The van der Waals surface area contributed by atoms with Gasteiger partial charge in [-0.05, 0) is 63.8 Å². The van der Waals surface area contributed by atoms with E-state index in [9.17, 15) is 27.2 Å². The van der Waals surface area contributed by atoms with Gasteiger partial charge < -0.3 is 20.7 Å². The Kier molecular flexibility index (Phi) is 8.67. The third-order valence-corrected chi connectivity index (χ3v) is 6.19. The summed E-state index contributed by atoms with van der Waals surface area (Å²) in [6.45, 7) is 3.53. The van der Waals surface area contributed by atoms with Crippen molar-refractivity contribution in [3.8, 4) is 5.88 Å². The fourth-order valence-corrected chi connectivity index (χ4v) is 4.28. The zero-order valence-corrected chi connectivity index (χ0v) is 19.3. The quantitative estimate of drug-likeness (QED) is 0.260. The van der Waals surface area contributed by atoms with Crippen molar-refractivity contribution >= 4 is 28.5 Å². The third kappa shape index (κ3) is 5.95. The van der Waals surface area contributed by atoms with Crippen LogP contribution in [0.4, 0.5) is 27.4 Å². The Bertz CT molecular complexity index is 1030. The second-order valence-electron chi connectivity index (χ2n) is 7.84. The van der Waals surface area contributed by atoms with Crippen LogP contribution >= 0.6 is 11.5 Å². The van der Waals surface area contributed by atoms with E-state index in [2.05, 4.69) is 19.9 Å². The maximum Gasteiger partial charge on any atom is 0.319 e. The number of nitrogens with two attached hydrogens (primary N) is 1. The average Bonchev–Trinajstić information content (AvgIpc) is 3.46. The molecule has 0 saturated carbocycles. The molecule has 1 saturated heterocycles. The molecular weight excluding hydrogens is 478 g/mol. The molecule has 34 heavy (non-hydrogen) atoms. The number of nitrogens with one attached hydrogen (secondary N) is 2. The Morgan fingerprint density at radius 2 is 1.74 bits per heavy atom. The summed E-state index contributed by atoms with van der Waals surface area (Å²) in [7, 11) is 0. The van der Waals surface area contributed by atoms with E-state index in [1.54, 1.807) is 0 Å². The smallest absolute Gasteiger partial charge is 0.319 e. The molecule has 0 spiro atoms. The summed E-state index contributed by atoms with van der Waals surface area (Å²) >= 11 is 0.656. The molecule has 0 unspecified atom stereocenters. The molecule has 4 N–H and O–H groups in total. The predicted octanol–water partition coefficient (Wildman–Crippen LogP) is 3.68. The van der Waals surface area contributed by atoms with E-state index in [4.69, 9.17) is 10.5 Å². The number of likely N-dealkylation sites (tertiary alicyclic amines) is 1. The van der Waals surface area contributed by atoms with Crippen molar-refractivity contribution in [2.45, 2.75) is 39.2 Å². The Balaban J connectivity index is 1.58. The maximum atomic E-state index is 14.1. The number of primary amides is 1. The van der Waals surface area contributed by atoms with Crippen molar-refractivity contribution in [1.82, 2.24) is 14.6 Å². The number of amides is 3. The first-order valence-electron chi connectivity index (χ1n) is 10.7. The standard InChI is InChI=1S/C21H25F4N5O3S/c1-11-14(22)16(24)12(17(25)15(11)23)10-33-19-13(18(26)31)20(34-29-19)28-21(32)27-6-2-3-7-30-8-4-5-9-30/h2-10H2,1H3,(H2,26,31)(H2,27,28,32). The van der Waals surface area contributed by atoms with Gasteiger partial charge in [0.2, 0.25) is 5.88 Å². The number of anilines is 1. The van der Waals surface area contributed by atoms with Gasteiger partial charge in [0.25, 0.3) is 5.91 Å². The number of carbonyl (C=O) groups excluding carboxylic acids is 2. The van der Waals surface area contributed by atoms with Gasteiger partial charge in [-0.3, -0.25) is 10.1 Å². The van der Waals surface area contributed by atoms with Crippen LogP contribution in [-0.4, -0.2) is 47.4 Å². The van der Waals surface area contributed by atoms with Crippen molar-refractivity contribution in [2.24, 2.45) is 5.73 Å². The maximum absolute atomic E-state index is 14.1. The summed E-state index contributed by atoms with van der Waals surface area (Å²) in [5.74, 6) is -7.79. The number of hydrogen-bond donors (Lipinski definition) is 3.